The van der Waals surface area contributed by atoms with E-state index >= 15 is 0 Å². The van der Waals surface area contributed by atoms with Crippen molar-refractivity contribution in [2.24, 2.45) is 0 Å². The molecular weight excluding hydrogens is 434 g/mol. The largest absolute Gasteiger partial charge is 0.468 e. The fourth-order valence-corrected chi connectivity index (χ4v) is 4.84. The Kier molecular flexibility index (Phi) is 6.87. The number of thiophene rings is 1. The first-order valence-electron chi connectivity index (χ1n) is 10.2. The smallest absolute Gasteiger partial charge is 0.260 e. The summed E-state index contributed by atoms with van der Waals surface area (Å²) in [5.41, 5.74) is 1.54. The summed E-state index contributed by atoms with van der Waals surface area (Å²) in [4.78, 5) is 23.3. The number of aliphatic hydroxyl groups is 1. The maximum absolute atomic E-state index is 13.0. The van der Waals surface area contributed by atoms with Crippen molar-refractivity contribution in [3.05, 3.63) is 75.0 Å². The number of hydrogen-bond acceptors (Lipinski definition) is 6. The molecule has 1 aromatic carbocycles. The Labute approximate surface area is 189 Å². The van der Waals surface area contributed by atoms with Gasteiger partial charge in [-0.3, -0.25) is 9.69 Å². The molecule has 6 nitrogen and oxygen atoms in total. The van der Waals surface area contributed by atoms with Crippen LogP contribution in [0.15, 0.2) is 57.3 Å². The van der Waals surface area contributed by atoms with Gasteiger partial charge in [-0.25, -0.2) is 4.98 Å². The minimum absolute atomic E-state index is 0.178. The summed E-state index contributed by atoms with van der Waals surface area (Å²) in [6.45, 7) is 3.43. The first-order valence-corrected chi connectivity index (χ1v) is 11.5. The number of aromatic nitrogens is 2. The van der Waals surface area contributed by atoms with Gasteiger partial charge in [0.15, 0.2) is 0 Å². The topological polar surface area (TPSA) is 82.4 Å². The van der Waals surface area contributed by atoms with Gasteiger partial charge in [0.1, 0.15) is 16.4 Å². The van der Waals surface area contributed by atoms with Crippen LogP contribution >= 0.6 is 22.9 Å². The second-order valence-electron chi connectivity index (χ2n) is 7.54. The number of hydrogen-bond donors (Lipinski definition) is 2. The van der Waals surface area contributed by atoms with Crippen molar-refractivity contribution in [1.82, 2.24) is 14.9 Å². The number of rotatable bonds is 9. The summed E-state index contributed by atoms with van der Waals surface area (Å²) in [7, 11) is 0. The maximum Gasteiger partial charge on any atom is 0.260 e. The van der Waals surface area contributed by atoms with Gasteiger partial charge in [-0.05, 0) is 36.2 Å². The summed E-state index contributed by atoms with van der Waals surface area (Å²) in [6, 6.07) is 11.2. The predicted octanol–water partition coefficient (Wildman–Crippen LogP) is 5.06. The molecule has 2 N–H and O–H groups in total. The molecule has 0 aliphatic heterocycles. The number of nitrogens with one attached hydrogen (secondary N) is 1. The molecule has 0 saturated carbocycles. The van der Waals surface area contributed by atoms with Gasteiger partial charge < -0.3 is 14.5 Å². The standard InChI is InChI=1S/C23H24ClN3O3S/c1-2-5-17(28)11-27(12-18-8-4-9-30-18)13-20-25-22(29)21-19(14-31-23(21)26-20)15-6-3-7-16(24)10-15/h3-4,6-10,14,17,28H,2,5,11-13H2,1H3,(H,25,26,29). The molecule has 4 aromatic rings. The molecule has 0 aliphatic rings. The van der Waals surface area contributed by atoms with Gasteiger partial charge in [-0.2, -0.15) is 0 Å². The second-order valence-corrected chi connectivity index (χ2v) is 8.84. The Morgan fingerprint density at radius 3 is 2.90 bits per heavy atom. The van der Waals surface area contributed by atoms with Crippen molar-refractivity contribution in [3.8, 4) is 11.1 Å². The fourth-order valence-electron chi connectivity index (χ4n) is 3.68. The highest BCUT2D eigenvalue weighted by atomic mass is 35.5. The van der Waals surface area contributed by atoms with Crippen molar-refractivity contribution >= 4 is 33.2 Å². The first kappa shape index (κ1) is 21.8. The van der Waals surface area contributed by atoms with Gasteiger partial charge in [0.2, 0.25) is 0 Å². The van der Waals surface area contributed by atoms with E-state index in [9.17, 15) is 9.90 Å². The zero-order chi connectivity index (χ0) is 21.8. The third kappa shape index (κ3) is 5.25. The Morgan fingerprint density at radius 1 is 1.29 bits per heavy atom. The molecule has 0 spiro atoms. The number of aromatic amines is 1. The number of fused-ring (bicyclic) bond motifs is 1. The average Bonchev–Trinajstić information content (AvgIpc) is 3.38. The Bertz CT molecular complexity index is 1200. The Hall–Kier alpha value is -2.45. The van der Waals surface area contributed by atoms with Crippen LogP contribution in [0.3, 0.4) is 0 Å². The van der Waals surface area contributed by atoms with E-state index in [-0.39, 0.29) is 5.56 Å². The van der Waals surface area contributed by atoms with E-state index in [1.165, 1.54) is 11.3 Å². The van der Waals surface area contributed by atoms with Crippen LogP contribution in [-0.2, 0) is 13.1 Å². The predicted molar refractivity (Wildman–Crippen MR) is 124 cm³/mol. The minimum Gasteiger partial charge on any atom is -0.468 e. The zero-order valence-electron chi connectivity index (χ0n) is 17.2. The molecule has 1 unspecified atom stereocenters. The van der Waals surface area contributed by atoms with Gasteiger partial charge in [-0.15, -0.1) is 11.3 Å². The molecule has 3 heterocycles. The first-order chi connectivity index (χ1) is 15.0. The van der Waals surface area contributed by atoms with Gasteiger partial charge in [0.25, 0.3) is 5.56 Å². The molecular formula is C23H24ClN3O3S. The van der Waals surface area contributed by atoms with Crippen LogP contribution in [0, 0.1) is 0 Å². The summed E-state index contributed by atoms with van der Waals surface area (Å²) in [6.07, 6.45) is 2.79. The van der Waals surface area contributed by atoms with Crippen LogP contribution in [0.25, 0.3) is 21.3 Å². The van der Waals surface area contributed by atoms with Crippen molar-refractivity contribution in [3.63, 3.8) is 0 Å². The van der Waals surface area contributed by atoms with Crippen molar-refractivity contribution in [2.75, 3.05) is 6.54 Å². The van der Waals surface area contributed by atoms with E-state index in [1.54, 1.807) is 12.3 Å². The third-order valence-corrected chi connectivity index (χ3v) is 6.16. The monoisotopic (exact) mass is 457 g/mol. The van der Waals surface area contributed by atoms with E-state index < -0.39 is 6.10 Å². The summed E-state index contributed by atoms with van der Waals surface area (Å²) in [5, 5.41) is 13.5. The molecule has 0 amide bonds. The van der Waals surface area contributed by atoms with Crippen molar-refractivity contribution < 1.29 is 9.52 Å². The van der Waals surface area contributed by atoms with Gasteiger partial charge in [-0.1, -0.05) is 37.1 Å². The van der Waals surface area contributed by atoms with Crippen LogP contribution in [-0.4, -0.2) is 32.6 Å². The summed E-state index contributed by atoms with van der Waals surface area (Å²) in [5.74, 6) is 1.36. The fraction of sp³-hybridized carbons (Fsp3) is 0.304. The van der Waals surface area contributed by atoms with Crippen LogP contribution in [0.1, 0.15) is 31.4 Å². The molecule has 162 valence electrons. The maximum atomic E-state index is 13.0. The summed E-state index contributed by atoms with van der Waals surface area (Å²) >= 11 is 7.56. The molecule has 0 bridgehead atoms. The minimum atomic E-state index is -0.452. The molecule has 31 heavy (non-hydrogen) atoms. The highest BCUT2D eigenvalue weighted by Crippen LogP contribution is 2.32. The highest BCUT2D eigenvalue weighted by Gasteiger charge is 2.18. The Morgan fingerprint density at radius 2 is 2.16 bits per heavy atom. The lowest BCUT2D eigenvalue weighted by atomic mass is 10.1. The molecule has 0 aliphatic carbocycles. The number of aliphatic hydroxyl groups excluding tert-OH is 1. The van der Waals surface area contributed by atoms with E-state index in [0.717, 1.165) is 23.3 Å². The van der Waals surface area contributed by atoms with E-state index in [0.29, 0.717) is 47.1 Å². The van der Waals surface area contributed by atoms with Gasteiger partial charge in [0.05, 0.1) is 30.8 Å². The van der Waals surface area contributed by atoms with E-state index in [4.69, 9.17) is 21.0 Å². The molecule has 8 heteroatoms. The zero-order valence-corrected chi connectivity index (χ0v) is 18.7. The number of benzene rings is 1. The quantitative estimate of drug-likeness (QED) is 0.367. The molecule has 0 radical (unpaired) electrons. The third-order valence-electron chi connectivity index (χ3n) is 5.05. The van der Waals surface area contributed by atoms with Crippen LogP contribution in [0.5, 0.6) is 0 Å². The molecule has 0 fully saturated rings. The number of halogens is 1. The van der Waals surface area contributed by atoms with Crippen LogP contribution < -0.4 is 5.56 Å². The molecule has 3 aromatic heterocycles. The lowest BCUT2D eigenvalue weighted by Crippen LogP contribution is -2.32. The van der Waals surface area contributed by atoms with Crippen LogP contribution in [0.2, 0.25) is 5.02 Å². The summed E-state index contributed by atoms with van der Waals surface area (Å²) < 4.78 is 5.47. The second kappa shape index (κ2) is 9.78. The average molecular weight is 458 g/mol. The van der Waals surface area contributed by atoms with E-state index in [1.807, 2.05) is 47.5 Å². The Balaban J connectivity index is 1.62. The number of nitrogens with zero attached hydrogens (tertiary/aromatic N) is 2. The number of H-pyrrole nitrogens is 1. The highest BCUT2D eigenvalue weighted by molar-refractivity contribution is 7.17. The molecule has 0 saturated heterocycles. The lowest BCUT2D eigenvalue weighted by molar-refractivity contribution is 0.0918. The molecule has 4 rings (SSSR count). The SMILES string of the molecule is CCCC(O)CN(Cc1nc2scc(-c3cccc(Cl)c3)c2c(=O)[nH]1)Cc1ccco1. The van der Waals surface area contributed by atoms with Crippen molar-refractivity contribution in [2.45, 2.75) is 39.0 Å². The van der Waals surface area contributed by atoms with E-state index in [2.05, 4.69) is 4.98 Å². The van der Waals surface area contributed by atoms with Gasteiger partial charge in [0, 0.05) is 22.5 Å². The van der Waals surface area contributed by atoms with Gasteiger partial charge >= 0.3 is 0 Å². The molecule has 1 atom stereocenters. The number of furan rings is 1. The normalized spacial score (nSPS) is 12.6. The lowest BCUT2D eigenvalue weighted by Gasteiger charge is -2.23. The van der Waals surface area contributed by atoms with Crippen molar-refractivity contribution in [1.29, 1.82) is 0 Å². The van der Waals surface area contributed by atoms with Crippen LogP contribution in [0.4, 0.5) is 0 Å².